The molecule has 1 N–H and O–H groups in total. The van der Waals surface area contributed by atoms with E-state index in [9.17, 15) is 0 Å². The van der Waals surface area contributed by atoms with E-state index in [1.165, 1.54) is 5.56 Å². The molecule has 0 bridgehead atoms. The van der Waals surface area contributed by atoms with E-state index in [1.54, 1.807) is 7.11 Å². The number of hydrogen-bond donors (Lipinski definition) is 1. The molecule has 0 spiro atoms. The first kappa shape index (κ1) is 18.3. The largest absolute Gasteiger partial charge is 0.497 e. The lowest BCUT2D eigenvalue weighted by molar-refractivity contribution is 0.415. The smallest absolute Gasteiger partial charge is 0.195 e. The zero-order valence-electron chi connectivity index (χ0n) is 16.2. The molecule has 5 nitrogen and oxygen atoms in total. The number of allylic oxidation sites excluding steroid dienone is 1. The Bertz CT molecular complexity index is 1230. The number of aromatic nitrogens is 4. The molecule has 0 fully saturated rings. The molecule has 142 valence electrons. The van der Waals surface area contributed by atoms with Gasteiger partial charge in [0, 0.05) is 28.9 Å². The van der Waals surface area contributed by atoms with Gasteiger partial charge in [-0.1, -0.05) is 23.8 Å². The zero-order chi connectivity index (χ0) is 19.8. The van der Waals surface area contributed by atoms with Gasteiger partial charge in [0.2, 0.25) is 0 Å². The van der Waals surface area contributed by atoms with E-state index >= 15 is 0 Å². The maximum absolute atomic E-state index is 5.49. The SMILES string of the molecule is C=CCn1c(-c2c(C)n(-c3ccc(C)cc3)c3ccc(OC)cc23)n[nH]c1=S. The molecule has 6 heteroatoms. The Hall–Kier alpha value is -3.12. The summed E-state index contributed by atoms with van der Waals surface area (Å²) in [6, 6.07) is 14.6. The third kappa shape index (κ3) is 2.86. The van der Waals surface area contributed by atoms with Crippen LogP contribution in [0.15, 0.2) is 55.1 Å². The Balaban J connectivity index is 2.09. The van der Waals surface area contributed by atoms with Crippen molar-refractivity contribution in [1.29, 1.82) is 0 Å². The Kier molecular flexibility index (Phi) is 4.65. The minimum Gasteiger partial charge on any atom is -0.497 e. The third-order valence-corrected chi connectivity index (χ3v) is 5.31. The molecule has 4 rings (SSSR count). The number of fused-ring (bicyclic) bond motifs is 1. The number of aromatic amines is 1. The van der Waals surface area contributed by atoms with Crippen LogP contribution in [0.1, 0.15) is 11.3 Å². The second kappa shape index (κ2) is 7.13. The molecule has 0 saturated heterocycles. The topological polar surface area (TPSA) is 47.8 Å². The molecule has 28 heavy (non-hydrogen) atoms. The Labute approximate surface area is 168 Å². The number of aryl methyl sites for hydroxylation is 1. The fraction of sp³-hybridized carbons (Fsp3) is 0.182. The van der Waals surface area contributed by atoms with Crippen LogP contribution in [-0.4, -0.2) is 26.4 Å². The van der Waals surface area contributed by atoms with Crippen molar-refractivity contribution < 1.29 is 4.74 Å². The van der Waals surface area contributed by atoms with Gasteiger partial charge in [-0.3, -0.25) is 9.67 Å². The van der Waals surface area contributed by atoms with Crippen LogP contribution < -0.4 is 4.74 Å². The fourth-order valence-corrected chi connectivity index (χ4v) is 3.85. The number of H-pyrrole nitrogens is 1. The summed E-state index contributed by atoms with van der Waals surface area (Å²) in [6.45, 7) is 8.64. The standard InChI is InChI=1S/C22H22N4OS/c1-5-12-25-21(23-24-22(25)28)20-15(3)26(16-8-6-14(2)7-9-16)19-11-10-17(27-4)13-18(19)20/h5-11,13H,1,12H2,2-4H3,(H,24,28). The maximum Gasteiger partial charge on any atom is 0.195 e. The summed E-state index contributed by atoms with van der Waals surface area (Å²) in [5.74, 6) is 1.60. The number of hydrogen-bond acceptors (Lipinski definition) is 3. The summed E-state index contributed by atoms with van der Waals surface area (Å²) in [4.78, 5) is 0. The average Bonchev–Trinajstić information content (AvgIpc) is 3.19. The van der Waals surface area contributed by atoms with Gasteiger partial charge in [0.25, 0.3) is 0 Å². The van der Waals surface area contributed by atoms with Crippen LogP contribution in [0.3, 0.4) is 0 Å². The maximum atomic E-state index is 5.49. The highest BCUT2D eigenvalue weighted by atomic mass is 32.1. The molecule has 4 aromatic rings. The fourth-order valence-electron chi connectivity index (χ4n) is 3.64. The summed E-state index contributed by atoms with van der Waals surface area (Å²) in [5.41, 5.74) is 5.55. The van der Waals surface area contributed by atoms with Crippen molar-refractivity contribution in [2.75, 3.05) is 7.11 Å². The van der Waals surface area contributed by atoms with Crippen molar-refractivity contribution in [3.63, 3.8) is 0 Å². The first-order valence-electron chi connectivity index (χ1n) is 9.07. The summed E-state index contributed by atoms with van der Waals surface area (Å²) in [7, 11) is 1.68. The molecule has 0 unspecified atom stereocenters. The highest BCUT2D eigenvalue weighted by Crippen LogP contribution is 2.37. The average molecular weight is 391 g/mol. The Morgan fingerprint density at radius 1 is 1.18 bits per heavy atom. The summed E-state index contributed by atoms with van der Waals surface area (Å²) in [5, 5.41) is 8.53. The van der Waals surface area contributed by atoms with E-state index in [4.69, 9.17) is 17.0 Å². The lowest BCUT2D eigenvalue weighted by Crippen LogP contribution is -2.01. The van der Waals surface area contributed by atoms with Crippen LogP contribution in [0, 0.1) is 18.6 Å². The summed E-state index contributed by atoms with van der Waals surface area (Å²) in [6.07, 6.45) is 1.82. The third-order valence-electron chi connectivity index (χ3n) is 5.00. The summed E-state index contributed by atoms with van der Waals surface area (Å²) < 4.78 is 10.3. The van der Waals surface area contributed by atoms with Crippen molar-refractivity contribution in [3.8, 4) is 22.8 Å². The first-order valence-corrected chi connectivity index (χ1v) is 9.48. The lowest BCUT2D eigenvalue weighted by atomic mass is 10.1. The number of rotatable bonds is 5. The van der Waals surface area contributed by atoms with Gasteiger partial charge in [0.05, 0.1) is 12.6 Å². The monoisotopic (exact) mass is 390 g/mol. The molecule has 0 amide bonds. The molecule has 0 aliphatic heterocycles. The minimum absolute atomic E-state index is 0.577. The van der Waals surface area contributed by atoms with Gasteiger partial charge in [-0.2, -0.15) is 5.10 Å². The van der Waals surface area contributed by atoms with Gasteiger partial charge >= 0.3 is 0 Å². The number of methoxy groups -OCH3 is 1. The molecule has 0 aliphatic carbocycles. The van der Waals surface area contributed by atoms with E-state index in [1.807, 2.05) is 16.7 Å². The molecule has 2 heterocycles. The van der Waals surface area contributed by atoms with Gasteiger partial charge in [-0.25, -0.2) is 0 Å². The second-order valence-electron chi connectivity index (χ2n) is 6.77. The van der Waals surface area contributed by atoms with E-state index in [2.05, 4.69) is 71.6 Å². The van der Waals surface area contributed by atoms with E-state index in [0.29, 0.717) is 11.3 Å². The van der Waals surface area contributed by atoms with Crippen LogP contribution >= 0.6 is 12.2 Å². The van der Waals surface area contributed by atoms with Crippen molar-refractivity contribution in [2.24, 2.45) is 0 Å². The second-order valence-corrected chi connectivity index (χ2v) is 7.15. The Morgan fingerprint density at radius 3 is 2.61 bits per heavy atom. The van der Waals surface area contributed by atoms with Crippen LogP contribution in [0.25, 0.3) is 28.0 Å². The van der Waals surface area contributed by atoms with Crippen molar-refractivity contribution >= 4 is 23.1 Å². The number of nitrogens with one attached hydrogen (secondary N) is 1. The lowest BCUT2D eigenvalue weighted by Gasteiger charge is -2.10. The van der Waals surface area contributed by atoms with Gasteiger partial charge in [0.15, 0.2) is 10.6 Å². The number of ether oxygens (including phenoxy) is 1. The highest BCUT2D eigenvalue weighted by molar-refractivity contribution is 7.71. The van der Waals surface area contributed by atoms with Gasteiger partial charge in [-0.05, 0) is 56.4 Å². The van der Waals surface area contributed by atoms with E-state index < -0.39 is 0 Å². The van der Waals surface area contributed by atoms with Gasteiger partial charge < -0.3 is 9.30 Å². The molecule has 0 saturated carbocycles. The minimum atomic E-state index is 0.577. The normalized spacial score (nSPS) is 11.1. The molecule has 0 radical (unpaired) electrons. The van der Waals surface area contributed by atoms with Crippen molar-refractivity contribution in [3.05, 3.63) is 71.1 Å². The first-order chi connectivity index (χ1) is 13.5. The quantitative estimate of drug-likeness (QED) is 0.368. The van der Waals surface area contributed by atoms with Crippen LogP contribution in [-0.2, 0) is 6.54 Å². The predicted molar refractivity (Wildman–Crippen MR) is 116 cm³/mol. The molecule has 2 aromatic carbocycles. The van der Waals surface area contributed by atoms with E-state index in [-0.39, 0.29) is 0 Å². The molecule has 2 aromatic heterocycles. The van der Waals surface area contributed by atoms with Gasteiger partial charge in [0.1, 0.15) is 5.75 Å². The molecular formula is C22H22N4OS. The molecular weight excluding hydrogens is 368 g/mol. The predicted octanol–water partition coefficient (Wildman–Crippen LogP) is 5.36. The Morgan fingerprint density at radius 2 is 1.93 bits per heavy atom. The van der Waals surface area contributed by atoms with Crippen LogP contribution in [0.2, 0.25) is 0 Å². The zero-order valence-corrected chi connectivity index (χ0v) is 17.0. The van der Waals surface area contributed by atoms with E-state index in [0.717, 1.165) is 39.4 Å². The van der Waals surface area contributed by atoms with Crippen LogP contribution in [0.5, 0.6) is 5.75 Å². The molecule has 0 atom stereocenters. The highest BCUT2D eigenvalue weighted by Gasteiger charge is 2.21. The molecule has 0 aliphatic rings. The van der Waals surface area contributed by atoms with Crippen molar-refractivity contribution in [2.45, 2.75) is 20.4 Å². The number of benzene rings is 2. The summed E-state index contributed by atoms with van der Waals surface area (Å²) >= 11 is 5.43. The van der Waals surface area contributed by atoms with Crippen molar-refractivity contribution in [1.82, 2.24) is 19.3 Å². The van der Waals surface area contributed by atoms with Gasteiger partial charge in [-0.15, -0.1) is 6.58 Å². The van der Waals surface area contributed by atoms with Crippen LogP contribution in [0.4, 0.5) is 0 Å². The number of nitrogens with zero attached hydrogens (tertiary/aromatic N) is 3.